The van der Waals surface area contributed by atoms with Crippen LogP contribution < -0.4 is 5.32 Å². The number of hydrogen-bond acceptors (Lipinski definition) is 2. The fourth-order valence-electron chi connectivity index (χ4n) is 1.39. The van der Waals surface area contributed by atoms with Crippen LogP contribution in [0.15, 0.2) is 0 Å². The van der Waals surface area contributed by atoms with Crippen molar-refractivity contribution in [3.8, 4) is 0 Å². The average molecular weight is 282 g/mol. The van der Waals surface area contributed by atoms with E-state index in [0.717, 1.165) is 19.6 Å². The summed E-state index contributed by atoms with van der Waals surface area (Å²) in [6.45, 7) is 4.75. The van der Waals surface area contributed by atoms with Gasteiger partial charge in [0.2, 0.25) is 5.91 Å². The highest BCUT2D eigenvalue weighted by atomic mass is 127. The van der Waals surface area contributed by atoms with Crippen LogP contribution >= 0.6 is 22.9 Å². The van der Waals surface area contributed by atoms with Gasteiger partial charge in [0.15, 0.2) is 0 Å². The van der Waals surface area contributed by atoms with Crippen molar-refractivity contribution in [2.24, 2.45) is 5.92 Å². The first-order valence-corrected chi connectivity index (χ1v) is 5.30. The summed E-state index contributed by atoms with van der Waals surface area (Å²) in [5, 5.41) is 2.87. The second-order valence-corrected chi connectivity index (χ2v) is 4.65. The predicted molar refractivity (Wildman–Crippen MR) is 57.0 cm³/mol. The first-order valence-electron chi connectivity index (χ1n) is 4.33. The molecule has 1 aliphatic rings. The van der Waals surface area contributed by atoms with Crippen molar-refractivity contribution >= 4 is 28.8 Å². The monoisotopic (exact) mass is 282 g/mol. The molecule has 1 aliphatic heterocycles. The molecule has 3 nitrogen and oxygen atoms in total. The van der Waals surface area contributed by atoms with E-state index in [0.29, 0.717) is 5.92 Å². The molecule has 1 saturated heterocycles. The van der Waals surface area contributed by atoms with E-state index in [2.05, 4.69) is 31.3 Å². The number of nitrogens with zero attached hydrogens (tertiary/aromatic N) is 1. The average Bonchev–Trinajstić information content (AvgIpc) is 2.03. The molecule has 0 spiro atoms. The maximum atomic E-state index is 10.6. The van der Waals surface area contributed by atoms with Crippen LogP contribution in [0.4, 0.5) is 0 Å². The van der Waals surface area contributed by atoms with E-state index < -0.39 is 0 Å². The number of carbonyl (C=O) groups is 1. The number of nitrogens with one attached hydrogen (secondary N) is 1. The summed E-state index contributed by atoms with van der Waals surface area (Å²) in [5.41, 5.74) is 0. The Morgan fingerprint density at radius 3 is 2.67 bits per heavy atom. The van der Waals surface area contributed by atoms with Crippen molar-refractivity contribution in [2.75, 3.05) is 19.6 Å². The van der Waals surface area contributed by atoms with Crippen molar-refractivity contribution < 1.29 is 4.79 Å². The molecular formula is C8H15IN2O. The van der Waals surface area contributed by atoms with Gasteiger partial charge in [0.1, 0.15) is 0 Å². The Morgan fingerprint density at radius 2 is 2.17 bits per heavy atom. The molecule has 0 aliphatic carbocycles. The molecule has 0 unspecified atom stereocenters. The van der Waals surface area contributed by atoms with Gasteiger partial charge < -0.3 is 5.32 Å². The Kier molecular flexibility index (Phi) is 4.28. The fraction of sp³-hybridized carbons (Fsp3) is 0.875. The number of halogens is 1. The smallest absolute Gasteiger partial charge is 0.216 e. The lowest BCUT2D eigenvalue weighted by molar-refractivity contribution is -0.119. The van der Waals surface area contributed by atoms with Crippen molar-refractivity contribution in [3.05, 3.63) is 0 Å². The molecule has 70 valence electrons. The summed E-state index contributed by atoms with van der Waals surface area (Å²) in [4.78, 5) is 10.6. The minimum atomic E-state index is 0.0897. The van der Waals surface area contributed by atoms with Gasteiger partial charge in [-0.2, -0.15) is 0 Å². The molecule has 0 saturated carbocycles. The second kappa shape index (κ2) is 5.01. The van der Waals surface area contributed by atoms with Crippen molar-refractivity contribution in [2.45, 2.75) is 19.8 Å². The van der Waals surface area contributed by atoms with Gasteiger partial charge in [0.05, 0.1) is 0 Å². The number of rotatable bonds is 2. The normalized spacial score (nSPS) is 20.8. The van der Waals surface area contributed by atoms with Gasteiger partial charge >= 0.3 is 0 Å². The molecule has 1 heterocycles. The highest BCUT2D eigenvalue weighted by molar-refractivity contribution is 14.1. The number of hydrogen-bond donors (Lipinski definition) is 1. The minimum Gasteiger partial charge on any atom is -0.356 e. The van der Waals surface area contributed by atoms with Gasteiger partial charge in [-0.3, -0.25) is 4.79 Å². The molecule has 1 rings (SSSR count). The number of carbonyl (C=O) groups excluding carboxylic acids is 1. The lowest BCUT2D eigenvalue weighted by Gasteiger charge is -2.27. The molecule has 0 radical (unpaired) electrons. The van der Waals surface area contributed by atoms with E-state index in [9.17, 15) is 4.79 Å². The Balaban J connectivity index is 2.13. The zero-order valence-corrected chi connectivity index (χ0v) is 9.50. The molecule has 0 atom stereocenters. The van der Waals surface area contributed by atoms with E-state index in [1.165, 1.54) is 12.8 Å². The third-order valence-electron chi connectivity index (χ3n) is 2.20. The quantitative estimate of drug-likeness (QED) is 0.609. The highest BCUT2D eigenvalue weighted by Gasteiger charge is 2.17. The van der Waals surface area contributed by atoms with Crippen LogP contribution in [0.1, 0.15) is 19.8 Å². The predicted octanol–water partition coefficient (Wildman–Crippen LogP) is 1.18. The Morgan fingerprint density at radius 1 is 1.58 bits per heavy atom. The lowest BCUT2D eigenvalue weighted by atomic mass is 9.98. The van der Waals surface area contributed by atoms with Crippen molar-refractivity contribution in [1.29, 1.82) is 0 Å². The van der Waals surface area contributed by atoms with Gasteiger partial charge in [-0.15, -0.1) is 0 Å². The third kappa shape index (κ3) is 3.71. The Labute approximate surface area is 87.4 Å². The van der Waals surface area contributed by atoms with Gasteiger partial charge in [0.25, 0.3) is 0 Å². The molecule has 0 bridgehead atoms. The van der Waals surface area contributed by atoms with Crippen molar-refractivity contribution in [1.82, 2.24) is 8.43 Å². The lowest BCUT2D eigenvalue weighted by Crippen LogP contribution is -2.34. The zero-order chi connectivity index (χ0) is 8.97. The summed E-state index contributed by atoms with van der Waals surface area (Å²) >= 11 is 2.35. The summed E-state index contributed by atoms with van der Waals surface area (Å²) in [7, 11) is 0. The summed E-state index contributed by atoms with van der Waals surface area (Å²) in [6.07, 6.45) is 2.42. The third-order valence-corrected chi connectivity index (χ3v) is 3.16. The molecule has 1 amide bonds. The first kappa shape index (κ1) is 10.2. The molecule has 0 aromatic heterocycles. The first-order chi connectivity index (χ1) is 5.68. The molecule has 1 N–H and O–H groups in total. The number of piperidine rings is 1. The summed E-state index contributed by atoms with van der Waals surface area (Å²) in [6, 6.07) is 0. The van der Waals surface area contributed by atoms with Crippen LogP contribution in [-0.4, -0.2) is 28.7 Å². The summed E-state index contributed by atoms with van der Waals surface area (Å²) < 4.78 is 2.31. The topological polar surface area (TPSA) is 32.3 Å². The zero-order valence-electron chi connectivity index (χ0n) is 7.35. The van der Waals surface area contributed by atoms with Gasteiger partial charge in [0, 0.05) is 49.4 Å². The van der Waals surface area contributed by atoms with Crippen LogP contribution in [0.5, 0.6) is 0 Å². The molecule has 12 heavy (non-hydrogen) atoms. The Bertz CT molecular complexity index is 155. The van der Waals surface area contributed by atoms with Crippen LogP contribution in [0, 0.1) is 5.92 Å². The SMILES string of the molecule is CC(=O)NCC1CCN(I)CC1. The molecule has 0 aromatic carbocycles. The number of amides is 1. The van der Waals surface area contributed by atoms with Crippen LogP contribution in [0.2, 0.25) is 0 Å². The summed E-state index contributed by atoms with van der Waals surface area (Å²) in [5.74, 6) is 0.784. The van der Waals surface area contributed by atoms with E-state index in [1.54, 1.807) is 6.92 Å². The van der Waals surface area contributed by atoms with Crippen LogP contribution in [0.25, 0.3) is 0 Å². The second-order valence-electron chi connectivity index (χ2n) is 3.29. The molecule has 1 fully saturated rings. The standard InChI is InChI=1S/C8H15IN2O/c1-7(12)10-6-8-2-4-11(9)5-3-8/h8H,2-6H2,1H3,(H,10,12). The van der Waals surface area contributed by atoms with Gasteiger partial charge in [-0.1, -0.05) is 0 Å². The fourth-order valence-corrected chi connectivity index (χ4v) is 1.95. The van der Waals surface area contributed by atoms with E-state index >= 15 is 0 Å². The molecule has 0 aromatic rings. The maximum Gasteiger partial charge on any atom is 0.216 e. The van der Waals surface area contributed by atoms with Gasteiger partial charge in [-0.05, 0) is 18.8 Å². The van der Waals surface area contributed by atoms with Crippen LogP contribution in [-0.2, 0) is 4.79 Å². The van der Waals surface area contributed by atoms with Gasteiger partial charge in [-0.25, -0.2) is 3.11 Å². The Hall–Kier alpha value is 0.160. The maximum absolute atomic E-state index is 10.6. The van der Waals surface area contributed by atoms with E-state index in [-0.39, 0.29) is 5.91 Å². The largest absolute Gasteiger partial charge is 0.356 e. The molecule has 4 heteroatoms. The minimum absolute atomic E-state index is 0.0897. The van der Waals surface area contributed by atoms with E-state index in [4.69, 9.17) is 0 Å². The molecular weight excluding hydrogens is 267 g/mol. The van der Waals surface area contributed by atoms with Crippen molar-refractivity contribution in [3.63, 3.8) is 0 Å². The van der Waals surface area contributed by atoms with E-state index in [1.807, 2.05) is 0 Å². The highest BCUT2D eigenvalue weighted by Crippen LogP contribution is 2.18. The van der Waals surface area contributed by atoms with Crippen LogP contribution in [0.3, 0.4) is 0 Å².